The summed E-state index contributed by atoms with van der Waals surface area (Å²) in [6.07, 6.45) is 3.38. The van der Waals surface area contributed by atoms with Gasteiger partial charge in [-0.3, -0.25) is 0 Å². The molecule has 2 nitrogen and oxygen atoms in total. The number of nitrogens with one attached hydrogen (secondary N) is 1. The topological polar surface area (TPSA) is 35.8 Å². The van der Waals surface area contributed by atoms with Gasteiger partial charge in [-0.1, -0.05) is 24.1 Å². The highest BCUT2D eigenvalue weighted by molar-refractivity contribution is 5.37. The largest absolute Gasteiger partial charge is 0.309 e. The fraction of sp³-hybridized carbons (Fsp3) is 0.562. The molecule has 0 aromatic heterocycles. The van der Waals surface area contributed by atoms with Crippen LogP contribution < -0.4 is 5.32 Å². The summed E-state index contributed by atoms with van der Waals surface area (Å²) < 4.78 is 0. The van der Waals surface area contributed by atoms with E-state index in [4.69, 9.17) is 5.26 Å². The molecule has 1 saturated carbocycles. The van der Waals surface area contributed by atoms with Crippen molar-refractivity contribution in [2.45, 2.75) is 52.6 Å². The van der Waals surface area contributed by atoms with Crippen LogP contribution in [0.25, 0.3) is 0 Å². The Hall–Kier alpha value is -1.33. The molecule has 1 N–H and O–H groups in total. The second kappa shape index (κ2) is 5.54. The van der Waals surface area contributed by atoms with Gasteiger partial charge in [-0.25, -0.2) is 0 Å². The van der Waals surface area contributed by atoms with Gasteiger partial charge in [0.2, 0.25) is 0 Å². The molecule has 2 unspecified atom stereocenters. The Bertz CT molecular complexity index is 447. The van der Waals surface area contributed by atoms with E-state index in [2.05, 4.69) is 44.3 Å². The molecule has 2 heteroatoms. The van der Waals surface area contributed by atoms with Crippen molar-refractivity contribution < 1.29 is 0 Å². The molecule has 0 bridgehead atoms. The van der Waals surface area contributed by atoms with E-state index in [-0.39, 0.29) is 5.92 Å². The lowest BCUT2D eigenvalue weighted by atomic mass is 9.99. The van der Waals surface area contributed by atoms with E-state index >= 15 is 0 Å². The van der Waals surface area contributed by atoms with Crippen molar-refractivity contribution in [2.24, 2.45) is 5.92 Å². The van der Waals surface area contributed by atoms with Gasteiger partial charge in [-0.2, -0.15) is 5.26 Å². The van der Waals surface area contributed by atoms with Gasteiger partial charge in [0, 0.05) is 12.6 Å². The Morgan fingerprint density at radius 1 is 1.22 bits per heavy atom. The summed E-state index contributed by atoms with van der Waals surface area (Å²) >= 11 is 0. The van der Waals surface area contributed by atoms with Gasteiger partial charge in [0.05, 0.1) is 12.0 Å². The summed E-state index contributed by atoms with van der Waals surface area (Å²) in [5.41, 5.74) is 5.42. The third kappa shape index (κ3) is 2.73. The molecule has 0 radical (unpaired) electrons. The van der Waals surface area contributed by atoms with Crippen LogP contribution in [-0.4, -0.2) is 6.04 Å². The molecular weight excluding hydrogens is 220 g/mol. The van der Waals surface area contributed by atoms with Crippen LogP contribution in [0.4, 0.5) is 0 Å². The van der Waals surface area contributed by atoms with Gasteiger partial charge < -0.3 is 5.32 Å². The van der Waals surface area contributed by atoms with Crippen LogP contribution in [0.5, 0.6) is 0 Å². The van der Waals surface area contributed by atoms with Crippen LogP contribution >= 0.6 is 0 Å². The van der Waals surface area contributed by atoms with Gasteiger partial charge in [0.1, 0.15) is 0 Å². The Morgan fingerprint density at radius 3 is 2.50 bits per heavy atom. The summed E-state index contributed by atoms with van der Waals surface area (Å²) in [7, 11) is 0. The van der Waals surface area contributed by atoms with E-state index in [9.17, 15) is 0 Å². The number of nitriles is 1. The highest BCUT2D eigenvalue weighted by Crippen LogP contribution is 2.25. The van der Waals surface area contributed by atoms with Crippen molar-refractivity contribution in [3.63, 3.8) is 0 Å². The molecule has 0 aliphatic heterocycles. The molecule has 1 aromatic carbocycles. The smallest absolute Gasteiger partial charge is 0.0672 e. The van der Waals surface area contributed by atoms with E-state index in [0.29, 0.717) is 6.04 Å². The molecule has 2 atom stereocenters. The predicted octanol–water partition coefficient (Wildman–Crippen LogP) is 3.39. The fourth-order valence-corrected chi connectivity index (χ4v) is 3.08. The molecule has 0 saturated heterocycles. The average Bonchev–Trinajstić information content (AvgIpc) is 2.75. The number of rotatable bonds is 3. The van der Waals surface area contributed by atoms with Gasteiger partial charge in [-0.15, -0.1) is 0 Å². The summed E-state index contributed by atoms with van der Waals surface area (Å²) in [6.45, 7) is 7.38. The summed E-state index contributed by atoms with van der Waals surface area (Å²) in [4.78, 5) is 0. The Morgan fingerprint density at radius 2 is 1.89 bits per heavy atom. The average molecular weight is 242 g/mol. The van der Waals surface area contributed by atoms with Crippen LogP contribution in [0.3, 0.4) is 0 Å². The van der Waals surface area contributed by atoms with Crippen LogP contribution in [0.1, 0.15) is 41.5 Å². The fourth-order valence-electron chi connectivity index (χ4n) is 3.08. The number of benzene rings is 1. The van der Waals surface area contributed by atoms with Crippen molar-refractivity contribution in [2.75, 3.05) is 0 Å². The Balaban J connectivity index is 2.05. The van der Waals surface area contributed by atoms with Crippen LogP contribution in [-0.2, 0) is 6.54 Å². The van der Waals surface area contributed by atoms with Crippen LogP contribution in [0.15, 0.2) is 12.1 Å². The molecule has 1 fully saturated rings. The minimum Gasteiger partial charge on any atom is -0.309 e. The lowest BCUT2D eigenvalue weighted by Crippen LogP contribution is -2.31. The molecule has 0 heterocycles. The van der Waals surface area contributed by atoms with Crippen molar-refractivity contribution in [1.82, 2.24) is 5.32 Å². The second-order valence-electron chi connectivity index (χ2n) is 5.53. The van der Waals surface area contributed by atoms with E-state index in [1.807, 2.05) is 0 Å². The first-order valence-electron chi connectivity index (χ1n) is 6.81. The van der Waals surface area contributed by atoms with Crippen molar-refractivity contribution in [3.8, 4) is 6.07 Å². The third-order valence-electron chi connectivity index (χ3n) is 4.06. The molecule has 1 aromatic rings. The van der Waals surface area contributed by atoms with Crippen LogP contribution in [0, 0.1) is 38.0 Å². The molecule has 0 amide bonds. The number of hydrogen-bond acceptors (Lipinski definition) is 2. The zero-order valence-electron chi connectivity index (χ0n) is 11.6. The SMILES string of the molecule is Cc1cc(C)c(CNC2CCCC2C#N)c(C)c1. The highest BCUT2D eigenvalue weighted by Gasteiger charge is 2.26. The second-order valence-corrected chi connectivity index (χ2v) is 5.53. The first-order valence-corrected chi connectivity index (χ1v) is 6.81. The standard InChI is InChI=1S/C16H22N2/c1-11-7-12(2)15(13(3)8-11)10-18-16-6-4-5-14(16)9-17/h7-8,14,16,18H,4-6,10H2,1-3H3. The Kier molecular flexibility index (Phi) is 4.04. The van der Waals surface area contributed by atoms with E-state index in [0.717, 1.165) is 19.4 Å². The van der Waals surface area contributed by atoms with E-state index in [1.54, 1.807) is 0 Å². The number of aryl methyl sites for hydroxylation is 3. The van der Waals surface area contributed by atoms with Crippen molar-refractivity contribution in [1.29, 1.82) is 5.26 Å². The number of hydrogen-bond donors (Lipinski definition) is 1. The monoisotopic (exact) mass is 242 g/mol. The molecule has 18 heavy (non-hydrogen) atoms. The van der Waals surface area contributed by atoms with Crippen molar-refractivity contribution in [3.05, 3.63) is 34.4 Å². The predicted molar refractivity (Wildman–Crippen MR) is 74.2 cm³/mol. The quantitative estimate of drug-likeness (QED) is 0.882. The molecule has 0 spiro atoms. The van der Waals surface area contributed by atoms with E-state index < -0.39 is 0 Å². The molecule has 1 aliphatic carbocycles. The summed E-state index contributed by atoms with van der Waals surface area (Å²) in [5.74, 6) is 0.205. The zero-order chi connectivity index (χ0) is 13.1. The zero-order valence-corrected chi connectivity index (χ0v) is 11.6. The molecule has 1 aliphatic rings. The van der Waals surface area contributed by atoms with Gasteiger partial charge in [-0.05, 0) is 50.3 Å². The maximum absolute atomic E-state index is 9.09. The first kappa shape index (κ1) is 13.1. The van der Waals surface area contributed by atoms with Gasteiger partial charge in [0.25, 0.3) is 0 Å². The van der Waals surface area contributed by atoms with Crippen LogP contribution in [0.2, 0.25) is 0 Å². The van der Waals surface area contributed by atoms with E-state index in [1.165, 1.54) is 28.7 Å². The third-order valence-corrected chi connectivity index (χ3v) is 4.06. The lowest BCUT2D eigenvalue weighted by molar-refractivity contribution is 0.463. The maximum Gasteiger partial charge on any atom is 0.0672 e. The van der Waals surface area contributed by atoms with Crippen molar-refractivity contribution >= 4 is 0 Å². The minimum atomic E-state index is 0.205. The number of nitrogens with zero attached hydrogens (tertiary/aromatic N) is 1. The maximum atomic E-state index is 9.09. The molecule has 2 rings (SSSR count). The minimum absolute atomic E-state index is 0.205. The first-order chi connectivity index (χ1) is 8.61. The summed E-state index contributed by atoms with van der Waals surface area (Å²) in [6, 6.07) is 7.28. The highest BCUT2D eigenvalue weighted by atomic mass is 14.9. The van der Waals surface area contributed by atoms with Gasteiger partial charge in [0.15, 0.2) is 0 Å². The lowest BCUT2D eigenvalue weighted by Gasteiger charge is -2.18. The molecular formula is C16H22N2. The molecule has 96 valence electrons. The Labute approximate surface area is 110 Å². The summed E-state index contributed by atoms with van der Waals surface area (Å²) in [5, 5.41) is 12.7. The van der Waals surface area contributed by atoms with Gasteiger partial charge >= 0.3 is 0 Å². The normalized spacial score (nSPS) is 23.0.